The normalized spacial score (nSPS) is 10.8. The SMILES string of the molecule is Nc1ccc(N)c(-c2ccc(CCO)c(N)c2CCO)c1. The molecule has 0 spiro atoms. The molecule has 112 valence electrons. The largest absolute Gasteiger partial charge is 0.399 e. The molecule has 5 heteroatoms. The Kier molecular flexibility index (Phi) is 4.67. The fourth-order valence-corrected chi connectivity index (χ4v) is 2.49. The lowest BCUT2D eigenvalue weighted by Crippen LogP contribution is -2.06. The topological polar surface area (TPSA) is 119 Å². The number of nitrogens with two attached hydrogens (primary N) is 3. The average Bonchev–Trinajstić information content (AvgIpc) is 2.46. The van der Waals surface area contributed by atoms with Crippen molar-refractivity contribution in [2.75, 3.05) is 30.4 Å². The Morgan fingerprint density at radius 2 is 1.52 bits per heavy atom. The van der Waals surface area contributed by atoms with Crippen molar-refractivity contribution in [2.45, 2.75) is 12.8 Å². The zero-order valence-corrected chi connectivity index (χ0v) is 11.8. The van der Waals surface area contributed by atoms with E-state index in [1.165, 1.54) is 0 Å². The van der Waals surface area contributed by atoms with Crippen molar-refractivity contribution in [1.82, 2.24) is 0 Å². The Morgan fingerprint density at radius 3 is 2.19 bits per heavy atom. The molecule has 0 amide bonds. The molecule has 2 aromatic carbocycles. The summed E-state index contributed by atoms with van der Waals surface area (Å²) in [7, 11) is 0. The fraction of sp³-hybridized carbons (Fsp3) is 0.250. The summed E-state index contributed by atoms with van der Waals surface area (Å²) < 4.78 is 0. The highest BCUT2D eigenvalue weighted by molar-refractivity contribution is 5.84. The summed E-state index contributed by atoms with van der Waals surface area (Å²) in [4.78, 5) is 0. The zero-order valence-electron chi connectivity index (χ0n) is 11.8. The molecule has 2 aromatic rings. The summed E-state index contributed by atoms with van der Waals surface area (Å²) >= 11 is 0. The molecule has 2 rings (SSSR count). The van der Waals surface area contributed by atoms with E-state index in [-0.39, 0.29) is 13.2 Å². The summed E-state index contributed by atoms with van der Waals surface area (Å²) in [6, 6.07) is 9.10. The van der Waals surface area contributed by atoms with Crippen LogP contribution in [0, 0.1) is 0 Å². The maximum Gasteiger partial charge on any atom is 0.0472 e. The molecule has 0 saturated heterocycles. The summed E-state index contributed by atoms with van der Waals surface area (Å²) in [5.74, 6) is 0. The van der Waals surface area contributed by atoms with Crippen LogP contribution in [-0.2, 0) is 12.8 Å². The molecule has 8 N–H and O–H groups in total. The lowest BCUT2D eigenvalue weighted by molar-refractivity contribution is 0.298. The van der Waals surface area contributed by atoms with Crippen LogP contribution in [0.3, 0.4) is 0 Å². The van der Waals surface area contributed by atoms with Crippen molar-refractivity contribution in [1.29, 1.82) is 0 Å². The summed E-state index contributed by atoms with van der Waals surface area (Å²) in [5, 5.41) is 18.4. The number of nitrogen functional groups attached to an aromatic ring is 3. The van der Waals surface area contributed by atoms with Gasteiger partial charge in [0, 0.05) is 35.8 Å². The van der Waals surface area contributed by atoms with Crippen molar-refractivity contribution in [3.05, 3.63) is 41.5 Å². The molecule has 0 saturated carbocycles. The van der Waals surface area contributed by atoms with Crippen molar-refractivity contribution in [3.8, 4) is 11.1 Å². The van der Waals surface area contributed by atoms with Crippen LogP contribution in [0.2, 0.25) is 0 Å². The van der Waals surface area contributed by atoms with E-state index in [1.54, 1.807) is 18.2 Å². The highest BCUT2D eigenvalue weighted by Gasteiger charge is 2.14. The number of anilines is 3. The van der Waals surface area contributed by atoms with Crippen LogP contribution < -0.4 is 17.2 Å². The van der Waals surface area contributed by atoms with Crippen LogP contribution in [0.25, 0.3) is 11.1 Å². The van der Waals surface area contributed by atoms with Gasteiger partial charge in [0.15, 0.2) is 0 Å². The number of hydrogen-bond acceptors (Lipinski definition) is 5. The maximum absolute atomic E-state index is 9.30. The van der Waals surface area contributed by atoms with Gasteiger partial charge in [-0.05, 0) is 47.7 Å². The first kappa shape index (κ1) is 15.2. The predicted octanol–water partition coefficient (Wildman–Crippen LogP) is 1.17. The summed E-state index contributed by atoms with van der Waals surface area (Å²) in [6.07, 6.45) is 0.908. The second-order valence-electron chi connectivity index (χ2n) is 4.96. The zero-order chi connectivity index (χ0) is 15.4. The van der Waals surface area contributed by atoms with Crippen molar-refractivity contribution < 1.29 is 10.2 Å². The number of aliphatic hydroxyl groups is 2. The van der Waals surface area contributed by atoms with Gasteiger partial charge in [0.05, 0.1) is 0 Å². The van der Waals surface area contributed by atoms with E-state index in [4.69, 9.17) is 22.3 Å². The van der Waals surface area contributed by atoms with Crippen LogP contribution in [0.15, 0.2) is 30.3 Å². The molecule has 0 radical (unpaired) electrons. The lowest BCUT2D eigenvalue weighted by atomic mass is 9.92. The number of hydrogen-bond donors (Lipinski definition) is 5. The van der Waals surface area contributed by atoms with Crippen LogP contribution in [0.4, 0.5) is 17.1 Å². The van der Waals surface area contributed by atoms with E-state index in [0.717, 1.165) is 22.3 Å². The third-order valence-electron chi connectivity index (χ3n) is 3.56. The van der Waals surface area contributed by atoms with Crippen LogP contribution in [-0.4, -0.2) is 23.4 Å². The molecular weight excluding hydrogens is 266 g/mol. The molecule has 0 unspecified atom stereocenters. The molecule has 0 heterocycles. The molecule has 21 heavy (non-hydrogen) atoms. The van der Waals surface area contributed by atoms with Gasteiger partial charge in [-0.1, -0.05) is 12.1 Å². The second-order valence-corrected chi connectivity index (χ2v) is 4.96. The second kappa shape index (κ2) is 6.47. The molecule has 5 nitrogen and oxygen atoms in total. The first-order valence-corrected chi connectivity index (χ1v) is 6.85. The van der Waals surface area contributed by atoms with Gasteiger partial charge in [-0.2, -0.15) is 0 Å². The van der Waals surface area contributed by atoms with Gasteiger partial charge in [0.25, 0.3) is 0 Å². The summed E-state index contributed by atoms with van der Waals surface area (Å²) in [5.41, 5.74) is 23.3. The standard InChI is InChI=1S/C16H21N3O2/c17-11-2-4-15(18)14(9-11)12-3-1-10(5-7-20)16(19)13(12)6-8-21/h1-4,9,20-21H,5-8,17-19H2. The minimum absolute atomic E-state index is 0.0119. The molecule has 0 aromatic heterocycles. The molecule has 0 aliphatic heterocycles. The van der Waals surface area contributed by atoms with E-state index in [1.807, 2.05) is 12.1 Å². The maximum atomic E-state index is 9.30. The third-order valence-corrected chi connectivity index (χ3v) is 3.56. The first-order chi connectivity index (χ1) is 10.1. The van der Waals surface area contributed by atoms with E-state index in [0.29, 0.717) is 29.9 Å². The minimum atomic E-state index is -0.0119. The molecule has 0 atom stereocenters. The highest BCUT2D eigenvalue weighted by Crippen LogP contribution is 2.35. The molecule has 0 bridgehead atoms. The van der Waals surface area contributed by atoms with Gasteiger partial charge >= 0.3 is 0 Å². The predicted molar refractivity (Wildman–Crippen MR) is 86.7 cm³/mol. The Labute approximate surface area is 124 Å². The van der Waals surface area contributed by atoms with Crippen LogP contribution in [0.5, 0.6) is 0 Å². The van der Waals surface area contributed by atoms with Gasteiger partial charge in [-0.25, -0.2) is 0 Å². The highest BCUT2D eigenvalue weighted by atomic mass is 16.3. The number of benzene rings is 2. The minimum Gasteiger partial charge on any atom is -0.399 e. The van der Waals surface area contributed by atoms with Crippen molar-refractivity contribution >= 4 is 17.1 Å². The molecule has 0 fully saturated rings. The van der Waals surface area contributed by atoms with Gasteiger partial charge in [-0.3, -0.25) is 0 Å². The van der Waals surface area contributed by atoms with Gasteiger partial charge in [0.1, 0.15) is 0 Å². The Balaban J connectivity index is 2.62. The monoisotopic (exact) mass is 287 g/mol. The van der Waals surface area contributed by atoms with E-state index < -0.39 is 0 Å². The lowest BCUT2D eigenvalue weighted by Gasteiger charge is -2.17. The Hall–Kier alpha value is -2.24. The smallest absolute Gasteiger partial charge is 0.0472 e. The van der Waals surface area contributed by atoms with E-state index >= 15 is 0 Å². The van der Waals surface area contributed by atoms with E-state index in [9.17, 15) is 5.11 Å². The summed E-state index contributed by atoms with van der Waals surface area (Å²) in [6.45, 7) is 0.0184. The molecule has 0 aliphatic carbocycles. The average molecular weight is 287 g/mol. The first-order valence-electron chi connectivity index (χ1n) is 6.85. The third kappa shape index (κ3) is 3.09. The Morgan fingerprint density at radius 1 is 0.810 bits per heavy atom. The molecular formula is C16H21N3O2. The molecule has 0 aliphatic rings. The van der Waals surface area contributed by atoms with Crippen LogP contribution in [0.1, 0.15) is 11.1 Å². The van der Waals surface area contributed by atoms with Crippen LogP contribution >= 0.6 is 0 Å². The van der Waals surface area contributed by atoms with Crippen molar-refractivity contribution in [3.63, 3.8) is 0 Å². The van der Waals surface area contributed by atoms with E-state index in [2.05, 4.69) is 0 Å². The quantitative estimate of drug-likeness (QED) is 0.529. The number of rotatable bonds is 5. The van der Waals surface area contributed by atoms with Gasteiger partial charge in [-0.15, -0.1) is 0 Å². The van der Waals surface area contributed by atoms with Gasteiger partial charge in [0.2, 0.25) is 0 Å². The Bertz CT molecular complexity index is 642. The van der Waals surface area contributed by atoms with Gasteiger partial charge < -0.3 is 27.4 Å². The van der Waals surface area contributed by atoms with Crippen molar-refractivity contribution in [2.24, 2.45) is 0 Å². The fourth-order valence-electron chi connectivity index (χ4n) is 2.49. The number of aliphatic hydroxyl groups excluding tert-OH is 2.